The summed E-state index contributed by atoms with van der Waals surface area (Å²) in [6, 6.07) is 11.9. The number of hydrogen-bond acceptors (Lipinski definition) is 5. The van der Waals surface area contributed by atoms with Gasteiger partial charge in [0, 0.05) is 18.5 Å². The second kappa shape index (κ2) is 15.6. The van der Waals surface area contributed by atoms with Gasteiger partial charge in [0.2, 0.25) is 11.8 Å². The normalized spacial score (nSPS) is 13.8. The molecule has 0 aliphatic carbocycles. The van der Waals surface area contributed by atoms with E-state index in [0.29, 0.717) is 17.9 Å². The van der Waals surface area contributed by atoms with Crippen molar-refractivity contribution in [2.75, 3.05) is 0 Å². The lowest BCUT2D eigenvalue weighted by molar-refractivity contribution is -0.145. The minimum absolute atomic E-state index is 0.103. The van der Waals surface area contributed by atoms with Gasteiger partial charge in [-0.1, -0.05) is 57.2 Å². The number of benzene rings is 2. The molecule has 0 aliphatic heterocycles. The molecule has 0 saturated heterocycles. The molecule has 0 aromatic heterocycles. The molecular formula is C34H51N3O5. The molecular weight excluding hydrogens is 530 g/mol. The zero-order chi connectivity index (χ0) is 31.6. The van der Waals surface area contributed by atoms with Gasteiger partial charge < -0.3 is 25.4 Å². The van der Waals surface area contributed by atoms with Gasteiger partial charge in [0.05, 0.1) is 0 Å². The summed E-state index contributed by atoms with van der Waals surface area (Å²) in [5.74, 6) is -0.149. The fraction of sp³-hybridized carbons (Fsp3) is 0.559. The quantitative estimate of drug-likeness (QED) is 0.257. The third-order valence-corrected chi connectivity index (χ3v) is 6.92. The third kappa shape index (κ3) is 11.0. The van der Waals surface area contributed by atoms with Gasteiger partial charge in [0.1, 0.15) is 23.4 Å². The van der Waals surface area contributed by atoms with Crippen molar-refractivity contribution < 1.29 is 24.2 Å². The van der Waals surface area contributed by atoms with Crippen LogP contribution < -0.4 is 10.6 Å². The van der Waals surface area contributed by atoms with Crippen LogP contribution in [0.3, 0.4) is 0 Å². The molecule has 0 bridgehead atoms. The average Bonchev–Trinajstić information content (AvgIpc) is 2.89. The highest BCUT2D eigenvalue weighted by atomic mass is 16.6. The van der Waals surface area contributed by atoms with Gasteiger partial charge in [-0.25, -0.2) is 4.79 Å². The molecule has 8 nitrogen and oxygen atoms in total. The number of phenolic OH excluding ortho intramolecular Hbond substituents is 1. The smallest absolute Gasteiger partial charge is 0.408 e. The summed E-state index contributed by atoms with van der Waals surface area (Å²) in [5, 5.41) is 15.6. The summed E-state index contributed by atoms with van der Waals surface area (Å²) < 4.78 is 5.53. The van der Waals surface area contributed by atoms with Crippen molar-refractivity contribution in [3.8, 4) is 5.75 Å². The largest absolute Gasteiger partial charge is 0.508 e. The molecule has 3 N–H and O–H groups in total. The molecule has 2 rings (SSSR count). The van der Waals surface area contributed by atoms with Crippen LogP contribution in [0, 0.1) is 5.92 Å². The van der Waals surface area contributed by atoms with Gasteiger partial charge in [0.25, 0.3) is 0 Å². The van der Waals surface area contributed by atoms with E-state index in [1.807, 2.05) is 45.0 Å². The van der Waals surface area contributed by atoms with Gasteiger partial charge in [0.15, 0.2) is 0 Å². The Kier molecular flexibility index (Phi) is 12.9. The van der Waals surface area contributed by atoms with Crippen LogP contribution in [0.1, 0.15) is 97.9 Å². The SMILES string of the molecule is CCc1ccc(C(C(=O)NC(C)C)N(C(=O)C(Cc2ccc(O)cc2)NC(=O)OC(C)(C)C)C(C)CCC(C)C)cc1. The van der Waals surface area contributed by atoms with Crippen molar-refractivity contribution in [3.05, 3.63) is 65.2 Å². The number of rotatable bonds is 13. The van der Waals surface area contributed by atoms with Gasteiger partial charge >= 0.3 is 6.09 Å². The Morgan fingerprint density at radius 2 is 1.43 bits per heavy atom. The monoisotopic (exact) mass is 581 g/mol. The van der Waals surface area contributed by atoms with Crippen LogP contribution in [0.2, 0.25) is 0 Å². The molecule has 8 heteroatoms. The van der Waals surface area contributed by atoms with Crippen LogP contribution in [-0.4, -0.2) is 51.6 Å². The molecule has 0 fully saturated rings. The van der Waals surface area contributed by atoms with Crippen LogP contribution in [-0.2, 0) is 27.2 Å². The molecule has 3 atom stereocenters. The highest BCUT2D eigenvalue weighted by molar-refractivity contribution is 5.92. The van der Waals surface area contributed by atoms with Crippen LogP contribution in [0.25, 0.3) is 0 Å². The molecule has 3 unspecified atom stereocenters. The van der Waals surface area contributed by atoms with Gasteiger partial charge in [-0.05, 0) is 95.5 Å². The molecule has 0 spiro atoms. The lowest BCUT2D eigenvalue weighted by Gasteiger charge is -2.39. The van der Waals surface area contributed by atoms with Crippen LogP contribution >= 0.6 is 0 Å². The van der Waals surface area contributed by atoms with E-state index >= 15 is 0 Å². The van der Waals surface area contributed by atoms with Crippen LogP contribution in [0.4, 0.5) is 4.79 Å². The molecule has 2 aromatic carbocycles. The summed E-state index contributed by atoms with van der Waals surface area (Å²) in [6.45, 7) is 17.3. The Bertz CT molecular complexity index is 1150. The highest BCUT2D eigenvalue weighted by Crippen LogP contribution is 2.29. The average molecular weight is 582 g/mol. The van der Waals surface area contributed by atoms with E-state index in [4.69, 9.17) is 4.74 Å². The highest BCUT2D eigenvalue weighted by Gasteiger charge is 2.39. The van der Waals surface area contributed by atoms with Crippen molar-refractivity contribution >= 4 is 17.9 Å². The van der Waals surface area contributed by atoms with Gasteiger partial charge in [-0.2, -0.15) is 0 Å². The summed E-state index contributed by atoms with van der Waals surface area (Å²) >= 11 is 0. The second-order valence-corrected chi connectivity index (χ2v) is 12.8. The number of aromatic hydroxyl groups is 1. The lowest BCUT2D eigenvalue weighted by atomic mass is 9.95. The minimum Gasteiger partial charge on any atom is -0.508 e. The predicted molar refractivity (Wildman–Crippen MR) is 167 cm³/mol. The summed E-state index contributed by atoms with van der Waals surface area (Å²) in [7, 11) is 0. The van der Waals surface area contributed by atoms with Crippen molar-refractivity contribution in [3.63, 3.8) is 0 Å². The molecule has 2 aromatic rings. The van der Waals surface area contributed by atoms with Crippen molar-refractivity contribution in [1.82, 2.24) is 15.5 Å². The topological polar surface area (TPSA) is 108 Å². The van der Waals surface area contributed by atoms with E-state index in [2.05, 4.69) is 31.4 Å². The van der Waals surface area contributed by atoms with E-state index in [0.717, 1.165) is 24.0 Å². The standard InChI is InChI=1S/C34H51N3O5/c1-10-25-13-17-27(18-14-25)30(31(39)35-23(4)5)37(24(6)12-11-22(2)3)32(40)29(36-33(41)42-34(7,8)9)21-26-15-19-28(38)20-16-26/h13-20,22-24,29-30,38H,10-12,21H2,1-9H3,(H,35,39)(H,36,41). The fourth-order valence-electron chi connectivity index (χ4n) is 4.75. The lowest BCUT2D eigenvalue weighted by Crippen LogP contribution is -2.56. The summed E-state index contributed by atoms with van der Waals surface area (Å²) in [6.07, 6.45) is 1.83. The van der Waals surface area contributed by atoms with Crippen molar-refractivity contribution in [1.29, 1.82) is 0 Å². The number of carbonyl (C=O) groups is 3. The number of carbonyl (C=O) groups excluding carboxylic acids is 3. The zero-order valence-electron chi connectivity index (χ0n) is 26.9. The van der Waals surface area contributed by atoms with Crippen LogP contribution in [0.15, 0.2) is 48.5 Å². The van der Waals surface area contributed by atoms with E-state index in [-0.39, 0.29) is 36.1 Å². The van der Waals surface area contributed by atoms with Crippen molar-refractivity contribution in [2.45, 2.75) is 118 Å². The maximum absolute atomic E-state index is 14.7. The number of phenols is 1. The number of nitrogens with zero attached hydrogens (tertiary/aromatic N) is 1. The Hall–Kier alpha value is -3.55. The number of ether oxygens (including phenoxy) is 1. The second-order valence-electron chi connectivity index (χ2n) is 12.8. The first-order valence-electron chi connectivity index (χ1n) is 15.1. The number of alkyl carbamates (subject to hydrolysis) is 1. The first kappa shape index (κ1) is 34.7. The minimum atomic E-state index is -1.02. The number of aryl methyl sites for hydroxylation is 1. The molecule has 0 heterocycles. The van der Waals surface area contributed by atoms with E-state index in [1.54, 1.807) is 49.9 Å². The van der Waals surface area contributed by atoms with Crippen molar-refractivity contribution in [2.24, 2.45) is 5.92 Å². The van der Waals surface area contributed by atoms with Gasteiger partial charge in [-0.3, -0.25) is 9.59 Å². The van der Waals surface area contributed by atoms with E-state index < -0.39 is 23.8 Å². The number of hydrogen-bond donors (Lipinski definition) is 3. The molecule has 232 valence electrons. The molecule has 3 amide bonds. The third-order valence-electron chi connectivity index (χ3n) is 6.92. The van der Waals surface area contributed by atoms with Gasteiger partial charge in [-0.15, -0.1) is 0 Å². The Labute approximate surface area is 252 Å². The maximum atomic E-state index is 14.7. The Morgan fingerprint density at radius 1 is 0.857 bits per heavy atom. The number of nitrogens with one attached hydrogen (secondary N) is 2. The molecule has 42 heavy (non-hydrogen) atoms. The number of amides is 3. The first-order chi connectivity index (χ1) is 19.6. The van der Waals surface area contributed by atoms with E-state index in [9.17, 15) is 19.5 Å². The summed E-state index contributed by atoms with van der Waals surface area (Å²) in [4.78, 5) is 43.2. The molecule has 0 aliphatic rings. The van der Waals surface area contributed by atoms with Crippen LogP contribution in [0.5, 0.6) is 5.75 Å². The Balaban J connectivity index is 2.65. The molecule has 0 radical (unpaired) electrons. The Morgan fingerprint density at radius 3 is 1.93 bits per heavy atom. The maximum Gasteiger partial charge on any atom is 0.408 e. The fourth-order valence-corrected chi connectivity index (χ4v) is 4.75. The zero-order valence-corrected chi connectivity index (χ0v) is 26.9. The molecule has 0 saturated carbocycles. The van der Waals surface area contributed by atoms with E-state index in [1.165, 1.54) is 0 Å². The first-order valence-corrected chi connectivity index (χ1v) is 15.1. The summed E-state index contributed by atoms with van der Waals surface area (Å²) in [5.41, 5.74) is 1.81. The predicted octanol–water partition coefficient (Wildman–Crippen LogP) is 6.31.